The highest BCUT2D eigenvalue weighted by atomic mass is 14.3. The number of hydrogen-bond acceptors (Lipinski definition) is 0. The summed E-state index contributed by atoms with van der Waals surface area (Å²) in [6, 6.07) is 0. The smallest absolute Gasteiger partial charge is 0.00542 e. The van der Waals surface area contributed by atoms with Crippen LogP contribution in [0.3, 0.4) is 0 Å². The van der Waals surface area contributed by atoms with Gasteiger partial charge < -0.3 is 0 Å². The molecule has 2 rings (SSSR count). The molecule has 0 aromatic heterocycles. The molecule has 0 heterocycles. The lowest BCUT2D eigenvalue weighted by atomic mass is 10.4. The first kappa shape index (κ1) is 3.63. The van der Waals surface area contributed by atoms with Gasteiger partial charge in [-0.15, -0.1) is 0 Å². The maximum Gasteiger partial charge on any atom is 0.224 e. The molecule has 0 aromatic carbocycles. The van der Waals surface area contributed by atoms with Crippen molar-refractivity contribution in [3.8, 4) is 0 Å². The van der Waals surface area contributed by atoms with Crippen LogP contribution < -0.4 is 0 Å². The SMILES string of the molecule is [C+](=C1CC1)C1CC1. The van der Waals surface area contributed by atoms with Crippen LogP contribution in [0, 0.1) is 12.0 Å². The normalized spacial score (nSPS) is 27.1. The van der Waals surface area contributed by atoms with Gasteiger partial charge in [-0.05, 0) is 0 Å². The van der Waals surface area contributed by atoms with Gasteiger partial charge in [0.1, 0.15) is 0 Å². The molecule has 0 atom stereocenters. The molecule has 36 valence electrons. The second-order valence-corrected chi connectivity index (χ2v) is 2.52. The van der Waals surface area contributed by atoms with Gasteiger partial charge in [0.05, 0.1) is 0 Å². The van der Waals surface area contributed by atoms with Gasteiger partial charge in [-0.2, -0.15) is 0 Å². The quantitative estimate of drug-likeness (QED) is 0.434. The van der Waals surface area contributed by atoms with E-state index in [1.165, 1.54) is 25.7 Å². The summed E-state index contributed by atoms with van der Waals surface area (Å²) in [5, 5.41) is 0. The monoisotopic (exact) mass is 93.1 g/mol. The molecule has 2 fully saturated rings. The largest absolute Gasteiger partial charge is 0.224 e. The summed E-state index contributed by atoms with van der Waals surface area (Å²) in [6.07, 6.45) is 9.00. The number of rotatable bonds is 1. The van der Waals surface area contributed by atoms with Crippen LogP contribution in [0.15, 0.2) is 5.57 Å². The van der Waals surface area contributed by atoms with Crippen LogP contribution in [0.5, 0.6) is 0 Å². The van der Waals surface area contributed by atoms with E-state index in [4.69, 9.17) is 0 Å². The molecule has 0 amide bonds. The molecular formula is C7H9+. The molecule has 0 aliphatic heterocycles. The van der Waals surface area contributed by atoms with E-state index in [1.54, 1.807) is 5.57 Å². The van der Waals surface area contributed by atoms with Gasteiger partial charge in [0.25, 0.3) is 0 Å². The summed E-state index contributed by atoms with van der Waals surface area (Å²) in [5.74, 6) is 0.900. The Kier molecular flexibility index (Phi) is 0.558. The average Bonchev–Trinajstić information content (AvgIpc) is 2.33. The molecule has 7 heavy (non-hydrogen) atoms. The predicted octanol–water partition coefficient (Wildman–Crippen LogP) is 1.92. The highest BCUT2D eigenvalue weighted by Crippen LogP contribution is 2.36. The Bertz CT molecular complexity index is 101. The Hall–Kier alpha value is -0.350. The van der Waals surface area contributed by atoms with Gasteiger partial charge in [0, 0.05) is 25.7 Å². The maximum atomic E-state index is 3.44. The van der Waals surface area contributed by atoms with Gasteiger partial charge in [-0.3, -0.25) is 0 Å². The fraction of sp³-hybridized carbons (Fsp3) is 0.714. The molecule has 0 saturated heterocycles. The first-order valence-corrected chi connectivity index (χ1v) is 3.06. The van der Waals surface area contributed by atoms with Crippen molar-refractivity contribution in [3.05, 3.63) is 11.6 Å². The van der Waals surface area contributed by atoms with E-state index in [0.29, 0.717) is 0 Å². The van der Waals surface area contributed by atoms with E-state index >= 15 is 0 Å². The lowest BCUT2D eigenvalue weighted by Crippen LogP contribution is -1.59. The molecule has 0 bridgehead atoms. The fourth-order valence-corrected chi connectivity index (χ4v) is 0.723. The van der Waals surface area contributed by atoms with Crippen molar-refractivity contribution in [3.63, 3.8) is 0 Å². The first-order chi connectivity index (χ1) is 3.45. The summed E-state index contributed by atoms with van der Waals surface area (Å²) >= 11 is 0. The molecule has 0 radical (unpaired) electrons. The molecule has 2 saturated carbocycles. The Morgan fingerprint density at radius 1 is 1.29 bits per heavy atom. The standard InChI is InChI=1S/C7H9/c1-2-6(1)5-7-3-4-7/h6H,1-4H2/q+1. The van der Waals surface area contributed by atoms with Gasteiger partial charge in [0.2, 0.25) is 6.08 Å². The lowest BCUT2D eigenvalue weighted by molar-refractivity contribution is 1.07. The van der Waals surface area contributed by atoms with E-state index in [2.05, 4.69) is 6.08 Å². The Morgan fingerprint density at radius 3 is 2.43 bits per heavy atom. The Balaban J connectivity index is 1.97. The molecule has 2 aliphatic carbocycles. The zero-order chi connectivity index (χ0) is 4.69. The Morgan fingerprint density at radius 2 is 2.00 bits per heavy atom. The van der Waals surface area contributed by atoms with Crippen molar-refractivity contribution in [2.45, 2.75) is 25.7 Å². The third-order valence-electron chi connectivity index (χ3n) is 1.49. The zero-order valence-corrected chi connectivity index (χ0v) is 4.41. The molecule has 0 N–H and O–H groups in total. The number of hydrogen-bond donors (Lipinski definition) is 0. The molecular weight excluding hydrogens is 84.1 g/mol. The van der Waals surface area contributed by atoms with Crippen molar-refractivity contribution in [1.82, 2.24) is 0 Å². The van der Waals surface area contributed by atoms with Gasteiger partial charge in [-0.25, -0.2) is 0 Å². The minimum absolute atomic E-state index is 0.900. The lowest BCUT2D eigenvalue weighted by Gasteiger charge is -1.50. The van der Waals surface area contributed by atoms with Crippen LogP contribution in [0.25, 0.3) is 0 Å². The molecule has 0 heteroatoms. The fourth-order valence-electron chi connectivity index (χ4n) is 0.723. The maximum absolute atomic E-state index is 3.44. The van der Waals surface area contributed by atoms with Crippen molar-refractivity contribution in [1.29, 1.82) is 0 Å². The van der Waals surface area contributed by atoms with Gasteiger partial charge >= 0.3 is 0 Å². The zero-order valence-electron chi connectivity index (χ0n) is 4.41. The summed E-state index contributed by atoms with van der Waals surface area (Å²) in [5.41, 5.74) is 1.60. The topological polar surface area (TPSA) is 0 Å². The van der Waals surface area contributed by atoms with Crippen LogP contribution in [-0.2, 0) is 0 Å². The predicted molar refractivity (Wildman–Crippen MR) is 28.7 cm³/mol. The minimum Gasteiger partial charge on any atom is 0.00542 e. The second kappa shape index (κ2) is 1.08. The van der Waals surface area contributed by atoms with Crippen molar-refractivity contribution >= 4 is 0 Å². The third-order valence-corrected chi connectivity index (χ3v) is 1.49. The van der Waals surface area contributed by atoms with E-state index in [1.807, 2.05) is 0 Å². The van der Waals surface area contributed by atoms with Crippen LogP contribution >= 0.6 is 0 Å². The van der Waals surface area contributed by atoms with E-state index < -0.39 is 0 Å². The molecule has 0 nitrogen and oxygen atoms in total. The minimum atomic E-state index is 0.900. The van der Waals surface area contributed by atoms with Crippen LogP contribution in [-0.4, -0.2) is 0 Å². The van der Waals surface area contributed by atoms with Crippen molar-refractivity contribution < 1.29 is 0 Å². The Labute approximate surface area is 44.2 Å². The van der Waals surface area contributed by atoms with E-state index in [0.717, 1.165) is 5.92 Å². The molecule has 0 aromatic rings. The molecule has 0 spiro atoms. The summed E-state index contributed by atoms with van der Waals surface area (Å²) in [7, 11) is 0. The average molecular weight is 93.1 g/mol. The summed E-state index contributed by atoms with van der Waals surface area (Å²) in [4.78, 5) is 0. The van der Waals surface area contributed by atoms with Crippen molar-refractivity contribution in [2.75, 3.05) is 0 Å². The third kappa shape index (κ3) is 0.808. The highest BCUT2D eigenvalue weighted by molar-refractivity contribution is 5.14. The number of allylic oxidation sites excluding steroid dienone is 2. The van der Waals surface area contributed by atoms with Crippen molar-refractivity contribution in [2.24, 2.45) is 5.92 Å². The molecule has 2 aliphatic rings. The molecule has 0 unspecified atom stereocenters. The van der Waals surface area contributed by atoms with E-state index in [9.17, 15) is 0 Å². The second-order valence-electron chi connectivity index (χ2n) is 2.52. The van der Waals surface area contributed by atoms with Crippen LogP contribution in [0.1, 0.15) is 25.7 Å². The first-order valence-electron chi connectivity index (χ1n) is 3.06. The highest BCUT2D eigenvalue weighted by Gasteiger charge is 2.36. The van der Waals surface area contributed by atoms with E-state index in [-0.39, 0.29) is 0 Å². The summed E-state index contributed by atoms with van der Waals surface area (Å²) in [6.45, 7) is 0. The van der Waals surface area contributed by atoms with Gasteiger partial charge in [-0.1, -0.05) is 0 Å². The van der Waals surface area contributed by atoms with Crippen LogP contribution in [0.2, 0.25) is 0 Å². The van der Waals surface area contributed by atoms with Crippen LogP contribution in [0.4, 0.5) is 0 Å². The van der Waals surface area contributed by atoms with Gasteiger partial charge in [0.15, 0.2) is 11.5 Å². The summed E-state index contributed by atoms with van der Waals surface area (Å²) < 4.78 is 0.